The van der Waals surface area contributed by atoms with Crippen LogP contribution in [0.3, 0.4) is 0 Å². The zero-order chi connectivity index (χ0) is 9.97. The number of hydrogen-bond acceptors (Lipinski definition) is 4. The molecule has 4 nitrogen and oxygen atoms in total. The van der Waals surface area contributed by atoms with Crippen LogP contribution in [-0.4, -0.2) is 23.2 Å². The van der Waals surface area contributed by atoms with Crippen molar-refractivity contribution in [2.45, 2.75) is 6.92 Å². The highest BCUT2D eigenvalue weighted by atomic mass is 16.4. The Labute approximate surface area is 82.2 Å². The van der Waals surface area contributed by atoms with Crippen LogP contribution in [0.25, 0.3) is 0 Å². The highest BCUT2D eigenvalue weighted by molar-refractivity contribution is 6.44. The minimum atomic E-state index is 0.534. The van der Waals surface area contributed by atoms with E-state index in [9.17, 15) is 0 Å². The molecule has 4 heteroatoms. The summed E-state index contributed by atoms with van der Waals surface area (Å²) in [6.07, 6.45) is 0. The van der Waals surface area contributed by atoms with Gasteiger partial charge in [0, 0.05) is 0 Å². The Morgan fingerprint density at radius 1 is 1.36 bits per heavy atom. The molecule has 0 atom stereocenters. The highest BCUT2D eigenvalue weighted by Gasteiger charge is 2.19. The van der Waals surface area contributed by atoms with E-state index in [-0.39, 0.29) is 0 Å². The first kappa shape index (κ1) is 8.74. The van der Waals surface area contributed by atoms with Gasteiger partial charge in [-0.2, -0.15) is 5.10 Å². The van der Waals surface area contributed by atoms with E-state index in [0.29, 0.717) is 12.3 Å². The van der Waals surface area contributed by atoms with E-state index in [0.717, 1.165) is 11.4 Å². The fourth-order valence-corrected chi connectivity index (χ4v) is 1.38. The van der Waals surface area contributed by atoms with Crippen molar-refractivity contribution < 1.29 is 5.21 Å². The van der Waals surface area contributed by atoms with Gasteiger partial charge < -0.3 is 5.21 Å². The lowest BCUT2D eigenvalue weighted by atomic mass is 10.2. The summed E-state index contributed by atoms with van der Waals surface area (Å²) in [7, 11) is 0. The molecule has 1 N–H and O–H groups in total. The van der Waals surface area contributed by atoms with Gasteiger partial charge >= 0.3 is 0 Å². The third-order valence-electron chi connectivity index (χ3n) is 2.16. The highest BCUT2D eigenvalue weighted by Crippen LogP contribution is 2.17. The van der Waals surface area contributed by atoms with E-state index in [2.05, 4.69) is 10.3 Å². The van der Waals surface area contributed by atoms with Crippen LogP contribution in [0.2, 0.25) is 0 Å². The summed E-state index contributed by atoms with van der Waals surface area (Å²) in [6.45, 7) is 2.37. The molecule has 0 spiro atoms. The van der Waals surface area contributed by atoms with Gasteiger partial charge in [-0.1, -0.05) is 23.4 Å². The SMILES string of the molecule is CC1=NN(c2ccccc2)C/C1=N\O. The predicted molar refractivity (Wildman–Crippen MR) is 56.1 cm³/mol. The first-order valence-electron chi connectivity index (χ1n) is 4.40. The van der Waals surface area contributed by atoms with Crippen LogP contribution < -0.4 is 5.01 Å². The Morgan fingerprint density at radius 3 is 2.64 bits per heavy atom. The van der Waals surface area contributed by atoms with Crippen molar-refractivity contribution in [3.63, 3.8) is 0 Å². The summed E-state index contributed by atoms with van der Waals surface area (Å²) in [5, 5.41) is 18.0. The van der Waals surface area contributed by atoms with Gasteiger partial charge in [-0.05, 0) is 19.1 Å². The Morgan fingerprint density at radius 2 is 2.07 bits per heavy atom. The Bertz CT molecular complexity index is 384. The molecule has 1 aromatic rings. The lowest BCUT2D eigenvalue weighted by Gasteiger charge is -2.12. The van der Waals surface area contributed by atoms with Crippen molar-refractivity contribution in [3.05, 3.63) is 30.3 Å². The molecular weight excluding hydrogens is 178 g/mol. The van der Waals surface area contributed by atoms with Gasteiger partial charge in [0.15, 0.2) is 0 Å². The molecule has 0 unspecified atom stereocenters. The van der Waals surface area contributed by atoms with Crippen molar-refractivity contribution in [1.82, 2.24) is 0 Å². The first-order chi connectivity index (χ1) is 6.81. The number of hydrazone groups is 1. The lowest BCUT2D eigenvalue weighted by Crippen LogP contribution is -2.18. The van der Waals surface area contributed by atoms with Gasteiger partial charge in [-0.3, -0.25) is 5.01 Å². The van der Waals surface area contributed by atoms with E-state index in [4.69, 9.17) is 5.21 Å². The molecule has 0 saturated carbocycles. The minimum Gasteiger partial charge on any atom is -0.411 e. The van der Waals surface area contributed by atoms with Crippen molar-refractivity contribution in [2.75, 3.05) is 11.6 Å². The van der Waals surface area contributed by atoms with Crippen LogP contribution in [-0.2, 0) is 0 Å². The molecule has 1 aliphatic heterocycles. The van der Waals surface area contributed by atoms with E-state index in [1.165, 1.54) is 0 Å². The molecule has 72 valence electrons. The maximum absolute atomic E-state index is 8.68. The molecule has 0 aromatic heterocycles. The quantitative estimate of drug-likeness (QED) is 0.540. The summed E-state index contributed by atoms with van der Waals surface area (Å²) in [6, 6.07) is 9.80. The number of rotatable bonds is 1. The molecule has 14 heavy (non-hydrogen) atoms. The van der Waals surface area contributed by atoms with Crippen molar-refractivity contribution in [1.29, 1.82) is 0 Å². The van der Waals surface area contributed by atoms with Crippen LogP contribution in [0.15, 0.2) is 40.6 Å². The summed E-state index contributed by atoms with van der Waals surface area (Å²) in [5.41, 5.74) is 2.38. The van der Waals surface area contributed by atoms with Gasteiger partial charge in [-0.25, -0.2) is 0 Å². The Kier molecular flexibility index (Phi) is 2.18. The summed E-state index contributed by atoms with van der Waals surface area (Å²) in [4.78, 5) is 0. The summed E-state index contributed by atoms with van der Waals surface area (Å²) in [5.74, 6) is 0. The van der Waals surface area contributed by atoms with Gasteiger partial charge in [-0.15, -0.1) is 0 Å². The average molecular weight is 189 g/mol. The van der Waals surface area contributed by atoms with E-state index < -0.39 is 0 Å². The number of hydrogen-bond donors (Lipinski definition) is 1. The van der Waals surface area contributed by atoms with Crippen molar-refractivity contribution in [3.8, 4) is 0 Å². The Hall–Kier alpha value is -1.84. The van der Waals surface area contributed by atoms with Crippen LogP contribution in [0.1, 0.15) is 6.92 Å². The monoisotopic (exact) mass is 189 g/mol. The summed E-state index contributed by atoms with van der Waals surface area (Å²) >= 11 is 0. The molecular formula is C10H11N3O. The van der Waals surface area contributed by atoms with E-state index >= 15 is 0 Å². The number of oxime groups is 1. The zero-order valence-corrected chi connectivity index (χ0v) is 7.88. The van der Waals surface area contributed by atoms with Gasteiger partial charge in [0.25, 0.3) is 0 Å². The third-order valence-corrected chi connectivity index (χ3v) is 2.16. The average Bonchev–Trinajstić information content (AvgIpc) is 2.61. The third kappa shape index (κ3) is 1.46. The molecule has 0 fully saturated rings. The molecule has 1 aromatic carbocycles. The molecule has 0 bridgehead atoms. The predicted octanol–water partition coefficient (Wildman–Crippen LogP) is 1.71. The number of nitrogens with zero attached hydrogens (tertiary/aromatic N) is 3. The number of benzene rings is 1. The fourth-order valence-electron chi connectivity index (χ4n) is 1.38. The van der Waals surface area contributed by atoms with Crippen molar-refractivity contribution >= 4 is 17.1 Å². The smallest absolute Gasteiger partial charge is 0.124 e. The largest absolute Gasteiger partial charge is 0.411 e. The molecule has 0 radical (unpaired) electrons. The topological polar surface area (TPSA) is 48.2 Å². The maximum Gasteiger partial charge on any atom is 0.124 e. The Balaban J connectivity index is 2.26. The van der Waals surface area contributed by atoms with Crippen LogP contribution >= 0.6 is 0 Å². The van der Waals surface area contributed by atoms with Gasteiger partial charge in [0.1, 0.15) is 5.71 Å². The molecule has 0 amide bonds. The normalized spacial score (nSPS) is 18.8. The summed E-state index contributed by atoms with van der Waals surface area (Å²) < 4.78 is 0. The van der Waals surface area contributed by atoms with Crippen molar-refractivity contribution in [2.24, 2.45) is 10.3 Å². The second-order valence-electron chi connectivity index (χ2n) is 3.13. The van der Waals surface area contributed by atoms with E-state index in [1.807, 2.05) is 42.3 Å². The molecule has 1 heterocycles. The standard InChI is InChI=1S/C10H11N3O/c1-8-10(12-14)7-13(11-8)9-5-3-2-4-6-9/h2-6,14H,7H2,1H3/b12-10+. The van der Waals surface area contributed by atoms with Gasteiger partial charge in [0.2, 0.25) is 0 Å². The van der Waals surface area contributed by atoms with Crippen LogP contribution in [0.4, 0.5) is 5.69 Å². The second kappa shape index (κ2) is 3.49. The number of para-hydroxylation sites is 1. The maximum atomic E-state index is 8.68. The second-order valence-corrected chi connectivity index (χ2v) is 3.13. The molecule has 0 saturated heterocycles. The lowest BCUT2D eigenvalue weighted by molar-refractivity contribution is 0.319. The first-order valence-corrected chi connectivity index (χ1v) is 4.40. The molecule has 2 rings (SSSR count). The molecule has 1 aliphatic rings. The fraction of sp³-hybridized carbons (Fsp3) is 0.200. The van der Waals surface area contributed by atoms with Crippen LogP contribution in [0, 0.1) is 0 Å². The molecule has 0 aliphatic carbocycles. The minimum absolute atomic E-state index is 0.534. The van der Waals surface area contributed by atoms with E-state index in [1.54, 1.807) is 0 Å². The number of anilines is 1. The zero-order valence-electron chi connectivity index (χ0n) is 7.88. The van der Waals surface area contributed by atoms with Crippen LogP contribution in [0.5, 0.6) is 0 Å². The van der Waals surface area contributed by atoms with Gasteiger partial charge in [0.05, 0.1) is 17.9 Å².